The van der Waals surface area contributed by atoms with Gasteiger partial charge >= 0.3 is 0 Å². The maximum atomic E-state index is 4.52. The number of nitrogens with one attached hydrogen (secondary N) is 1. The van der Waals surface area contributed by atoms with Gasteiger partial charge in [0.05, 0.1) is 6.54 Å². The van der Waals surface area contributed by atoms with E-state index in [4.69, 9.17) is 0 Å². The first-order valence-corrected chi connectivity index (χ1v) is 5.33. The van der Waals surface area contributed by atoms with E-state index >= 15 is 0 Å². The van der Waals surface area contributed by atoms with Crippen molar-refractivity contribution in [3.8, 4) is 11.4 Å². The first-order valence-electron chi connectivity index (χ1n) is 5.33. The van der Waals surface area contributed by atoms with Crippen molar-refractivity contribution in [2.24, 2.45) is 7.05 Å². The van der Waals surface area contributed by atoms with Crippen LogP contribution in [0, 0.1) is 6.92 Å². The fourth-order valence-corrected chi connectivity index (χ4v) is 1.67. The number of nitrogens with zero attached hydrogens (tertiary/aromatic N) is 3. The molecule has 0 aliphatic heterocycles. The zero-order chi connectivity index (χ0) is 11.5. The van der Waals surface area contributed by atoms with Crippen molar-refractivity contribution in [2.45, 2.75) is 13.5 Å². The molecule has 1 aromatic carbocycles. The van der Waals surface area contributed by atoms with E-state index in [0.717, 1.165) is 23.8 Å². The van der Waals surface area contributed by atoms with Gasteiger partial charge in [-0.15, -0.1) is 0 Å². The van der Waals surface area contributed by atoms with Gasteiger partial charge in [-0.1, -0.05) is 24.3 Å². The summed E-state index contributed by atoms with van der Waals surface area (Å²) in [5.74, 6) is 1.74. The van der Waals surface area contributed by atoms with Crippen LogP contribution in [-0.4, -0.2) is 21.8 Å². The zero-order valence-corrected chi connectivity index (χ0v) is 9.86. The molecule has 84 valence electrons. The lowest BCUT2D eigenvalue weighted by Gasteiger charge is -1.98. The quantitative estimate of drug-likeness (QED) is 0.845. The normalized spacial score (nSPS) is 10.7. The van der Waals surface area contributed by atoms with Gasteiger partial charge < -0.3 is 5.32 Å². The molecule has 0 bridgehead atoms. The van der Waals surface area contributed by atoms with Crippen LogP contribution in [0.25, 0.3) is 11.4 Å². The molecular formula is C12H16N4. The number of aryl methyl sites for hydroxylation is 2. The summed E-state index contributed by atoms with van der Waals surface area (Å²) in [7, 11) is 3.82. The Balaban J connectivity index is 2.42. The second-order valence-corrected chi connectivity index (χ2v) is 3.82. The van der Waals surface area contributed by atoms with E-state index in [1.165, 1.54) is 5.56 Å². The smallest absolute Gasteiger partial charge is 0.181 e. The van der Waals surface area contributed by atoms with Gasteiger partial charge in [0.15, 0.2) is 5.82 Å². The van der Waals surface area contributed by atoms with Crippen LogP contribution in [0.15, 0.2) is 24.3 Å². The van der Waals surface area contributed by atoms with Gasteiger partial charge in [0.25, 0.3) is 0 Å². The highest BCUT2D eigenvalue weighted by Crippen LogP contribution is 2.19. The molecule has 0 unspecified atom stereocenters. The van der Waals surface area contributed by atoms with Crippen LogP contribution < -0.4 is 5.32 Å². The van der Waals surface area contributed by atoms with E-state index in [1.54, 1.807) is 0 Å². The summed E-state index contributed by atoms with van der Waals surface area (Å²) in [5.41, 5.74) is 2.30. The molecule has 16 heavy (non-hydrogen) atoms. The number of hydrogen-bond donors (Lipinski definition) is 1. The van der Waals surface area contributed by atoms with Crippen LogP contribution >= 0.6 is 0 Å². The Hall–Kier alpha value is -1.68. The number of aromatic nitrogens is 3. The van der Waals surface area contributed by atoms with Gasteiger partial charge in [-0.3, -0.25) is 4.68 Å². The third-order valence-corrected chi connectivity index (χ3v) is 2.57. The van der Waals surface area contributed by atoms with Crippen molar-refractivity contribution >= 4 is 0 Å². The fourth-order valence-electron chi connectivity index (χ4n) is 1.67. The van der Waals surface area contributed by atoms with Gasteiger partial charge in [0, 0.05) is 12.6 Å². The lowest BCUT2D eigenvalue weighted by atomic mass is 10.1. The highest BCUT2D eigenvalue weighted by atomic mass is 15.3. The van der Waals surface area contributed by atoms with Crippen molar-refractivity contribution < 1.29 is 0 Å². The van der Waals surface area contributed by atoms with Gasteiger partial charge in [-0.2, -0.15) is 5.10 Å². The van der Waals surface area contributed by atoms with E-state index in [2.05, 4.69) is 28.4 Å². The molecule has 0 fully saturated rings. The molecule has 4 nitrogen and oxygen atoms in total. The number of rotatable bonds is 3. The largest absolute Gasteiger partial charge is 0.313 e. The maximum Gasteiger partial charge on any atom is 0.181 e. The van der Waals surface area contributed by atoms with E-state index in [9.17, 15) is 0 Å². The highest BCUT2D eigenvalue weighted by molar-refractivity contribution is 5.59. The minimum absolute atomic E-state index is 0.732. The maximum absolute atomic E-state index is 4.52. The third kappa shape index (κ3) is 1.97. The Morgan fingerprint density at radius 3 is 2.75 bits per heavy atom. The summed E-state index contributed by atoms with van der Waals surface area (Å²) in [5, 5.41) is 7.51. The van der Waals surface area contributed by atoms with E-state index < -0.39 is 0 Å². The fraction of sp³-hybridized carbons (Fsp3) is 0.333. The first-order chi connectivity index (χ1) is 7.72. The van der Waals surface area contributed by atoms with Crippen molar-refractivity contribution in [1.29, 1.82) is 0 Å². The highest BCUT2D eigenvalue weighted by Gasteiger charge is 2.09. The molecule has 1 aromatic heterocycles. The van der Waals surface area contributed by atoms with Crippen LogP contribution in [0.5, 0.6) is 0 Å². The van der Waals surface area contributed by atoms with Gasteiger partial charge in [-0.25, -0.2) is 4.98 Å². The van der Waals surface area contributed by atoms with Crippen LogP contribution in [-0.2, 0) is 13.6 Å². The summed E-state index contributed by atoms with van der Waals surface area (Å²) in [6.45, 7) is 2.80. The van der Waals surface area contributed by atoms with Crippen molar-refractivity contribution in [1.82, 2.24) is 20.1 Å². The topological polar surface area (TPSA) is 42.7 Å². The predicted molar refractivity (Wildman–Crippen MR) is 63.9 cm³/mol. The average molecular weight is 216 g/mol. The minimum Gasteiger partial charge on any atom is -0.313 e. The second-order valence-electron chi connectivity index (χ2n) is 3.82. The van der Waals surface area contributed by atoms with Crippen LogP contribution in [0.3, 0.4) is 0 Å². The molecule has 0 amide bonds. The van der Waals surface area contributed by atoms with E-state index in [-0.39, 0.29) is 0 Å². The molecular weight excluding hydrogens is 200 g/mol. The van der Waals surface area contributed by atoms with Gasteiger partial charge in [0.2, 0.25) is 0 Å². The Kier molecular flexibility index (Phi) is 3.01. The monoisotopic (exact) mass is 216 g/mol. The molecule has 0 atom stereocenters. The summed E-state index contributed by atoms with van der Waals surface area (Å²) >= 11 is 0. The molecule has 4 heteroatoms. The van der Waals surface area contributed by atoms with Crippen molar-refractivity contribution in [3.05, 3.63) is 35.7 Å². The number of hydrogen-bond acceptors (Lipinski definition) is 3. The molecule has 0 aliphatic carbocycles. The van der Waals surface area contributed by atoms with Crippen LogP contribution in [0.4, 0.5) is 0 Å². The first kappa shape index (κ1) is 10.8. The second kappa shape index (κ2) is 4.45. The molecule has 1 N–H and O–H groups in total. The molecule has 2 aromatic rings. The van der Waals surface area contributed by atoms with E-state index in [1.807, 2.05) is 37.0 Å². The molecule has 0 saturated heterocycles. The third-order valence-electron chi connectivity index (χ3n) is 2.57. The Morgan fingerprint density at radius 1 is 1.31 bits per heavy atom. The Labute approximate surface area is 95.3 Å². The molecule has 0 saturated carbocycles. The van der Waals surface area contributed by atoms with Gasteiger partial charge in [-0.05, 0) is 19.5 Å². The van der Waals surface area contributed by atoms with Crippen LogP contribution in [0.2, 0.25) is 0 Å². The number of benzene rings is 1. The lowest BCUT2D eigenvalue weighted by molar-refractivity contribution is 0.660. The molecule has 1 heterocycles. The minimum atomic E-state index is 0.732. The summed E-state index contributed by atoms with van der Waals surface area (Å²) in [4.78, 5) is 4.52. The SMILES string of the molecule is CNCc1nc(-c2ccccc2C)nn1C. The standard InChI is InChI=1S/C12H16N4/c1-9-6-4-5-7-10(9)12-14-11(8-13-2)16(3)15-12/h4-7,13H,8H2,1-3H3. The van der Waals surface area contributed by atoms with Crippen molar-refractivity contribution in [2.75, 3.05) is 7.05 Å². The van der Waals surface area contributed by atoms with E-state index in [0.29, 0.717) is 0 Å². The summed E-state index contributed by atoms with van der Waals surface area (Å²) < 4.78 is 1.82. The lowest BCUT2D eigenvalue weighted by Crippen LogP contribution is -2.10. The Bertz CT molecular complexity index is 488. The zero-order valence-electron chi connectivity index (χ0n) is 9.86. The molecule has 2 rings (SSSR count). The molecule has 0 spiro atoms. The Morgan fingerprint density at radius 2 is 2.06 bits per heavy atom. The van der Waals surface area contributed by atoms with Crippen molar-refractivity contribution in [3.63, 3.8) is 0 Å². The van der Waals surface area contributed by atoms with Gasteiger partial charge in [0.1, 0.15) is 5.82 Å². The summed E-state index contributed by atoms with van der Waals surface area (Å²) in [6.07, 6.45) is 0. The predicted octanol–water partition coefficient (Wildman–Crippen LogP) is 1.51. The van der Waals surface area contributed by atoms with Crippen LogP contribution in [0.1, 0.15) is 11.4 Å². The average Bonchev–Trinajstić information content (AvgIpc) is 2.61. The molecule has 0 radical (unpaired) electrons. The summed E-state index contributed by atoms with van der Waals surface area (Å²) in [6, 6.07) is 8.16. The molecule has 0 aliphatic rings.